The van der Waals surface area contributed by atoms with Crippen molar-refractivity contribution < 1.29 is 22.7 Å². The van der Waals surface area contributed by atoms with Gasteiger partial charge < -0.3 is 10.1 Å². The number of hydrogen-bond donors (Lipinski definition) is 2. The number of carbonyl (C=O) groups excluding carboxylic acids is 2. The number of nitrogens with one attached hydrogen (secondary N) is 2. The fourth-order valence-corrected chi connectivity index (χ4v) is 2.52. The maximum Gasteiger partial charge on any atom is 0.339 e. The van der Waals surface area contributed by atoms with Gasteiger partial charge in [-0.1, -0.05) is 5.92 Å². The van der Waals surface area contributed by atoms with Crippen LogP contribution in [0.3, 0.4) is 0 Å². The lowest BCUT2D eigenvalue weighted by Gasteiger charge is -2.08. The molecule has 22 heavy (non-hydrogen) atoms. The van der Waals surface area contributed by atoms with Gasteiger partial charge in [-0.3, -0.25) is 4.79 Å². The molecule has 0 aromatic heterocycles. The van der Waals surface area contributed by atoms with Crippen LogP contribution in [0.5, 0.6) is 0 Å². The van der Waals surface area contributed by atoms with Gasteiger partial charge in [0.25, 0.3) is 5.91 Å². The van der Waals surface area contributed by atoms with E-state index in [1.165, 1.54) is 19.2 Å². The highest BCUT2D eigenvalue weighted by molar-refractivity contribution is 9.10. The van der Waals surface area contributed by atoms with Crippen molar-refractivity contribution in [3.63, 3.8) is 0 Å². The van der Waals surface area contributed by atoms with Gasteiger partial charge in [0, 0.05) is 4.47 Å². The summed E-state index contributed by atoms with van der Waals surface area (Å²) < 4.78 is 30.7. The Morgan fingerprint density at radius 1 is 1.41 bits per heavy atom. The van der Waals surface area contributed by atoms with Gasteiger partial charge in [-0.15, -0.1) is 6.42 Å². The molecule has 7 nitrogen and oxygen atoms in total. The second-order valence-electron chi connectivity index (χ2n) is 3.91. The summed E-state index contributed by atoms with van der Waals surface area (Å²) in [6, 6.07) is 3.88. The van der Waals surface area contributed by atoms with E-state index in [1.807, 2.05) is 0 Å². The smallest absolute Gasteiger partial charge is 0.339 e. The maximum atomic E-state index is 11.9. The Hall–Kier alpha value is -1.89. The Labute approximate surface area is 136 Å². The second kappa shape index (κ2) is 7.93. The summed E-state index contributed by atoms with van der Waals surface area (Å²) in [4.78, 5) is 23.1. The third-order valence-electron chi connectivity index (χ3n) is 2.46. The summed E-state index contributed by atoms with van der Waals surface area (Å²) in [5.41, 5.74) is -0.0129. The van der Waals surface area contributed by atoms with E-state index >= 15 is 0 Å². The van der Waals surface area contributed by atoms with E-state index in [0.717, 1.165) is 6.07 Å². The van der Waals surface area contributed by atoms with Crippen LogP contribution >= 0.6 is 15.9 Å². The number of carbonyl (C=O) groups is 2. The molecule has 2 N–H and O–H groups in total. The summed E-state index contributed by atoms with van der Waals surface area (Å²) in [6.07, 6.45) is 4.97. The summed E-state index contributed by atoms with van der Waals surface area (Å²) in [5, 5.41) is 2.33. The zero-order valence-electron chi connectivity index (χ0n) is 11.6. The van der Waals surface area contributed by atoms with Gasteiger partial charge in [-0.05, 0) is 41.2 Å². The van der Waals surface area contributed by atoms with Gasteiger partial charge in [0.2, 0.25) is 10.0 Å². The van der Waals surface area contributed by atoms with E-state index in [-0.39, 0.29) is 17.0 Å². The molecule has 0 aliphatic rings. The van der Waals surface area contributed by atoms with E-state index in [2.05, 4.69) is 31.9 Å². The molecule has 0 radical (unpaired) electrons. The highest BCUT2D eigenvalue weighted by Crippen LogP contribution is 2.21. The molecule has 0 aliphatic carbocycles. The standard InChI is InChI=1S/C13H13BrN2O5S/c1-3-6-16-12(17)8-21-13(18)10-7-9(4-5-11(10)14)22(19,20)15-2/h1,4-5,7,15H,6,8H2,2H3,(H,16,17). The van der Waals surface area contributed by atoms with Gasteiger partial charge in [-0.2, -0.15) is 0 Å². The van der Waals surface area contributed by atoms with Crippen molar-refractivity contribution in [2.24, 2.45) is 0 Å². The molecule has 0 saturated carbocycles. The SMILES string of the molecule is C#CCNC(=O)COC(=O)c1cc(S(=O)(=O)NC)ccc1Br. The molecule has 0 spiro atoms. The molecule has 0 atom stereocenters. The van der Waals surface area contributed by atoms with Gasteiger partial charge >= 0.3 is 5.97 Å². The Balaban J connectivity index is 2.88. The fourth-order valence-electron chi connectivity index (χ4n) is 1.36. The molecule has 0 bridgehead atoms. The minimum Gasteiger partial charge on any atom is -0.452 e. The molecule has 118 valence electrons. The zero-order chi connectivity index (χ0) is 16.8. The first-order chi connectivity index (χ1) is 10.3. The lowest BCUT2D eigenvalue weighted by Crippen LogP contribution is -2.29. The molecule has 0 fully saturated rings. The molecule has 1 rings (SSSR count). The van der Waals surface area contributed by atoms with E-state index in [0.29, 0.717) is 4.47 Å². The minimum absolute atomic E-state index is 0.0129. The quantitative estimate of drug-likeness (QED) is 0.537. The average Bonchev–Trinajstić information content (AvgIpc) is 2.50. The molecule has 9 heteroatoms. The molecule has 1 amide bonds. The number of amides is 1. The van der Waals surface area contributed by atoms with Crippen LogP contribution < -0.4 is 10.0 Å². The number of ether oxygens (including phenoxy) is 1. The van der Waals surface area contributed by atoms with Gasteiger partial charge in [0.15, 0.2) is 6.61 Å². The minimum atomic E-state index is -3.69. The van der Waals surface area contributed by atoms with Crippen molar-refractivity contribution in [1.82, 2.24) is 10.0 Å². The van der Waals surface area contributed by atoms with E-state index in [4.69, 9.17) is 11.2 Å². The first-order valence-electron chi connectivity index (χ1n) is 5.92. The molecule has 0 aliphatic heterocycles. The molecule has 1 aromatic rings. The Bertz CT molecular complexity index is 724. The third-order valence-corrected chi connectivity index (χ3v) is 4.56. The number of halogens is 1. The second-order valence-corrected chi connectivity index (χ2v) is 6.65. The van der Waals surface area contributed by atoms with Crippen LogP contribution in [0.15, 0.2) is 27.6 Å². The molecule has 0 unspecified atom stereocenters. The van der Waals surface area contributed by atoms with Crippen molar-refractivity contribution in [1.29, 1.82) is 0 Å². The summed E-state index contributed by atoms with van der Waals surface area (Å²) in [6.45, 7) is -0.494. The lowest BCUT2D eigenvalue weighted by atomic mass is 10.2. The molecule has 0 heterocycles. The highest BCUT2D eigenvalue weighted by atomic mass is 79.9. The fraction of sp³-hybridized carbons (Fsp3) is 0.231. The van der Waals surface area contributed by atoms with Crippen LogP contribution in [0, 0.1) is 12.3 Å². The van der Waals surface area contributed by atoms with Crippen LogP contribution in [0.2, 0.25) is 0 Å². The van der Waals surface area contributed by atoms with E-state index in [9.17, 15) is 18.0 Å². The first kappa shape index (κ1) is 18.2. The van der Waals surface area contributed by atoms with Gasteiger partial charge in [0.1, 0.15) is 0 Å². The monoisotopic (exact) mass is 388 g/mol. The van der Waals surface area contributed by atoms with Crippen LogP contribution in [0.1, 0.15) is 10.4 Å². The predicted octanol–water partition coefficient (Wildman–Crippen LogP) is 0.263. The number of benzene rings is 1. The number of esters is 1. The van der Waals surface area contributed by atoms with Crippen molar-refractivity contribution in [2.45, 2.75) is 4.90 Å². The molecule has 1 aromatic carbocycles. The largest absolute Gasteiger partial charge is 0.452 e. The number of sulfonamides is 1. The Kier molecular flexibility index (Phi) is 6.55. The third kappa shape index (κ3) is 4.84. The molecular weight excluding hydrogens is 376 g/mol. The predicted molar refractivity (Wildman–Crippen MR) is 82.5 cm³/mol. The molecular formula is C13H13BrN2O5S. The Morgan fingerprint density at radius 3 is 2.68 bits per heavy atom. The zero-order valence-corrected chi connectivity index (χ0v) is 14.0. The highest BCUT2D eigenvalue weighted by Gasteiger charge is 2.18. The molecule has 0 saturated heterocycles. The van der Waals surface area contributed by atoms with Gasteiger partial charge in [0.05, 0.1) is 17.0 Å². The topological polar surface area (TPSA) is 102 Å². The van der Waals surface area contributed by atoms with Crippen molar-refractivity contribution >= 4 is 37.8 Å². The number of hydrogen-bond acceptors (Lipinski definition) is 5. The van der Waals surface area contributed by atoms with Crippen LogP contribution in [-0.2, 0) is 19.6 Å². The Morgan fingerprint density at radius 2 is 2.09 bits per heavy atom. The maximum absolute atomic E-state index is 11.9. The van der Waals surface area contributed by atoms with Crippen LogP contribution in [-0.4, -0.2) is 40.5 Å². The summed E-state index contributed by atoms with van der Waals surface area (Å²) in [7, 11) is -2.44. The van der Waals surface area contributed by atoms with Gasteiger partial charge in [-0.25, -0.2) is 17.9 Å². The van der Waals surface area contributed by atoms with Crippen molar-refractivity contribution in [3.05, 3.63) is 28.2 Å². The summed E-state index contributed by atoms with van der Waals surface area (Å²) >= 11 is 3.13. The number of terminal acetylenes is 1. The average molecular weight is 389 g/mol. The normalized spacial score (nSPS) is 10.6. The van der Waals surface area contributed by atoms with Crippen molar-refractivity contribution in [2.75, 3.05) is 20.2 Å². The number of rotatable bonds is 6. The van der Waals surface area contributed by atoms with Crippen LogP contribution in [0.4, 0.5) is 0 Å². The van der Waals surface area contributed by atoms with Crippen LogP contribution in [0.25, 0.3) is 0 Å². The first-order valence-corrected chi connectivity index (χ1v) is 8.20. The van der Waals surface area contributed by atoms with E-state index < -0.39 is 28.5 Å². The van der Waals surface area contributed by atoms with E-state index in [1.54, 1.807) is 0 Å². The summed E-state index contributed by atoms with van der Waals surface area (Å²) in [5.74, 6) is 0.813. The van der Waals surface area contributed by atoms with Crippen molar-refractivity contribution in [3.8, 4) is 12.3 Å². The lowest BCUT2D eigenvalue weighted by molar-refractivity contribution is -0.123.